The van der Waals surface area contributed by atoms with Crippen molar-refractivity contribution in [3.8, 4) is 6.07 Å². The Balaban J connectivity index is 1.43. The van der Waals surface area contributed by atoms with Gasteiger partial charge in [0, 0.05) is 19.3 Å². The van der Waals surface area contributed by atoms with Crippen LogP contribution < -0.4 is 4.90 Å². The third kappa shape index (κ3) is 2.51. The lowest BCUT2D eigenvalue weighted by molar-refractivity contribution is 0.0636. The first-order chi connectivity index (χ1) is 13.7. The molecule has 7 nitrogen and oxygen atoms in total. The number of aromatic amines is 1. The van der Waals surface area contributed by atoms with Gasteiger partial charge in [-0.05, 0) is 37.1 Å². The molecule has 0 spiro atoms. The summed E-state index contributed by atoms with van der Waals surface area (Å²) in [5.74, 6) is -0.0841. The first-order valence-electron chi connectivity index (χ1n) is 9.21. The molecule has 2 aromatic heterocycles. The molecule has 2 atom stereocenters. The summed E-state index contributed by atoms with van der Waals surface area (Å²) < 4.78 is 14.4. The van der Waals surface area contributed by atoms with Gasteiger partial charge in [-0.3, -0.25) is 4.79 Å². The number of nitrogens with zero attached hydrogens (tertiary/aromatic N) is 5. The van der Waals surface area contributed by atoms with E-state index in [0.717, 1.165) is 35.8 Å². The van der Waals surface area contributed by atoms with E-state index in [2.05, 4.69) is 19.9 Å². The van der Waals surface area contributed by atoms with Gasteiger partial charge in [0.15, 0.2) is 0 Å². The zero-order valence-electron chi connectivity index (χ0n) is 15.0. The second kappa shape index (κ2) is 6.30. The number of amides is 1. The van der Waals surface area contributed by atoms with E-state index in [4.69, 9.17) is 5.26 Å². The number of anilines is 1. The second-order valence-electron chi connectivity index (χ2n) is 7.25. The Morgan fingerprint density at radius 1 is 1.21 bits per heavy atom. The molecule has 1 N–H and O–H groups in total. The Morgan fingerprint density at radius 3 is 2.71 bits per heavy atom. The normalized spacial score (nSPS) is 21.1. The molecule has 0 saturated carbocycles. The van der Waals surface area contributed by atoms with Gasteiger partial charge < -0.3 is 14.8 Å². The summed E-state index contributed by atoms with van der Waals surface area (Å²) >= 11 is 0. The van der Waals surface area contributed by atoms with Crippen molar-refractivity contribution in [2.75, 3.05) is 18.0 Å². The van der Waals surface area contributed by atoms with Crippen LogP contribution in [0.2, 0.25) is 0 Å². The van der Waals surface area contributed by atoms with Crippen molar-refractivity contribution >= 4 is 22.8 Å². The topological polar surface area (TPSA) is 88.9 Å². The molecule has 2 aliphatic rings. The fraction of sp³-hybridized carbons (Fsp3) is 0.300. The van der Waals surface area contributed by atoms with Crippen LogP contribution in [0.25, 0.3) is 11.0 Å². The summed E-state index contributed by atoms with van der Waals surface area (Å²) in [5.41, 5.74) is 1.02. The zero-order valence-corrected chi connectivity index (χ0v) is 15.0. The van der Waals surface area contributed by atoms with Crippen LogP contribution in [-0.2, 0) is 0 Å². The number of carbonyl (C=O) groups is 1. The Morgan fingerprint density at radius 2 is 2.00 bits per heavy atom. The Kier molecular flexibility index (Phi) is 3.76. The third-order valence-corrected chi connectivity index (χ3v) is 5.68. The lowest BCUT2D eigenvalue weighted by Crippen LogP contribution is -2.56. The van der Waals surface area contributed by atoms with Crippen molar-refractivity contribution in [1.29, 1.82) is 5.26 Å². The fourth-order valence-corrected chi connectivity index (χ4v) is 4.42. The molecule has 0 aliphatic carbocycles. The number of hydrogen-bond donors (Lipinski definition) is 1. The zero-order chi connectivity index (χ0) is 19.3. The number of piperazine rings is 1. The number of halogens is 1. The van der Waals surface area contributed by atoms with Crippen LogP contribution in [0, 0.1) is 17.1 Å². The van der Waals surface area contributed by atoms with Crippen LogP contribution in [0.4, 0.5) is 10.2 Å². The highest BCUT2D eigenvalue weighted by molar-refractivity contribution is 5.95. The Bertz CT molecular complexity index is 1110. The third-order valence-electron chi connectivity index (χ3n) is 5.68. The Hall–Kier alpha value is -3.47. The van der Waals surface area contributed by atoms with Crippen molar-refractivity contribution in [1.82, 2.24) is 19.9 Å². The minimum atomic E-state index is -0.643. The molecule has 0 radical (unpaired) electrons. The molecule has 28 heavy (non-hydrogen) atoms. The van der Waals surface area contributed by atoms with E-state index in [1.807, 2.05) is 23.2 Å². The van der Waals surface area contributed by atoms with Crippen molar-refractivity contribution < 1.29 is 9.18 Å². The Labute approximate surface area is 160 Å². The number of H-pyrrole nitrogens is 1. The van der Waals surface area contributed by atoms with Crippen molar-refractivity contribution in [2.24, 2.45) is 0 Å². The van der Waals surface area contributed by atoms with Crippen molar-refractivity contribution in [3.63, 3.8) is 0 Å². The van der Waals surface area contributed by atoms with Crippen LogP contribution >= 0.6 is 0 Å². The van der Waals surface area contributed by atoms with Crippen LogP contribution in [0.5, 0.6) is 0 Å². The maximum atomic E-state index is 14.4. The molecule has 1 aromatic carbocycles. The number of rotatable bonds is 2. The van der Waals surface area contributed by atoms with Gasteiger partial charge in [0.05, 0.1) is 34.7 Å². The summed E-state index contributed by atoms with van der Waals surface area (Å²) in [7, 11) is 0. The number of benzene rings is 1. The number of fused-ring (bicyclic) bond motifs is 3. The highest BCUT2D eigenvalue weighted by Crippen LogP contribution is 2.35. The predicted octanol–water partition coefficient (Wildman–Crippen LogP) is 2.46. The van der Waals surface area contributed by atoms with Crippen LogP contribution in [-0.4, -0.2) is 50.9 Å². The molecule has 2 aliphatic heterocycles. The minimum Gasteiger partial charge on any atom is -0.352 e. The lowest BCUT2D eigenvalue weighted by atomic mass is 10.1. The van der Waals surface area contributed by atoms with Gasteiger partial charge in [0.25, 0.3) is 5.91 Å². The molecule has 3 aromatic rings. The number of aromatic nitrogens is 3. The minimum absolute atomic E-state index is 0.00486. The molecule has 2 saturated heterocycles. The second-order valence-corrected chi connectivity index (χ2v) is 7.25. The molecular weight excluding hydrogens is 359 g/mol. The summed E-state index contributed by atoms with van der Waals surface area (Å²) in [6.45, 7) is 1.30. The van der Waals surface area contributed by atoms with Crippen LogP contribution in [0.3, 0.4) is 0 Å². The molecule has 4 heterocycles. The van der Waals surface area contributed by atoms with E-state index < -0.39 is 5.82 Å². The van der Waals surface area contributed by atoms with E-state index >= 15 is 0 Å². The first kappa shape index (κ1) is 16.7. The summed E-state index contributed by atoms with van der Waals surface area (Å²) in [6, 6.07) is 7.87. The highest BCUT2D eigenvalue weighted by Gasteiger charge is 2.43. The summed E-state index contributed by atoms with van der Waals surface area (Å²) in [6.07, 6.45) is 5.14. The largest absolute Gasteiger partial charge is 0.352 e. The molecule has 1 amide bonds. The van der Waals surface area contributed by atoms with E-state index in [0.29, 0.717) is 13.1 Å². The standard InChI is InChI=1S/C20H17FN6O/c21-17-7-12(8-22)1-4-15(17)20(28)27-13-2-3-14(27)10-26(9-13)19-16-5-6-23-18(16)24-11-25-19/h1,4-7,11,13-14H,2-3,9-10H2,(H,23,24,25)/t13-,14-/m1/s1. The smallest absolute Gasteiger partial charge is 0.257 e. The van der Waals surface area contributed by atoms with E-state index in [9.17, 15) is 9.18 Å². The summed E-state index contributed by atoms with van der Waals surface area (Å²) in [4.78, 5) is 28.8. The molecule has 0 unspecified atom stereocenters. The van der Waals surface area contributed by atoms with Gasteiger partial charge >= 0.3 is 0 Å². The maximum Gasteiger partial charge on any atom is 0.257 e. The maximum absolute atomic E-state index is 14.4. The van der Waals surface area contributed by atoms with Gasteiger partial charge in [-0.25, -0.2) is 14.4 Å². The predicted molar refractivity (Wildman–Crippen MR) is 100 cm³/mol. The van der Waals surface area contributed by atoms with Gasteiger partial charge in [-0.1, -0.05) is 0 Å². The van der Waals surface area contributed by atoms with E-state index in [1.165, 1.54) is 12.1 Å². The number of hydrogen-bond acceptors (Lipinski definition) is 5. The number of nitriles is 1. The van der Waals surface area contributed by atoms with E-state index in [1.54, 1.807) is 6.33 Å². The quantitative estimate of drug-likeness (QED) is 0.742. The average Bonchev–Trinajstić information content (AvgIpc) is 3.29. The summed E-state index contributed by atoms with van der Waals surface area (Å²) in [5, 5.41) is 9.86. The SMILES string of the molecule is N#Cc1ccc(C(=O)N2[C@@H]3CC[C@@H]2CN(c2ncnc4[nH]ccc24)C3)c(F)c1. The molecular formula is C20H17FN6O. The highest BCUT2D eigenvalue weighted by atomic mass is 19.1. The lowest BCUT2D eigenvalue weighted by Gasteiger charge is -2.41. The fourth-order valence-electron chi connectivity index (χ4n) is 4.42. The molecule has 8 heteroatoms. The average molecular weight is 376 g/mol. The van der Waals surface area contributed by atoms with Gasteiger partial charge in [-0.2, -0.15) is 5.26 Å². The molecule has 2 fully saturated rings. The first-order valence-corrected chi connectivity index (χ1v) is 9.21. The van der Waals surface area contributed by atoms with Crippen LogP contribution in [0.1, 0.15) is 28.8 Å². The number of nitrogens with one attached hydrogen (secondary N) is 1. The van der Waals surface area contributed by atoms with Crippen molar-refractivity contribution in [2.45, 2.75) is 24.9 Å². The van der Waals surface area contributed by atoms with Crippen molar-refractivity contribution in [3.05, 3.63) is 53.7 Å². The number of carbonyl (C=O) groups excluding carboxylic acids is 1. The van der Waals surface area contributed by atoms with Gasteiger partial charge in [0.2, 0.25) is 0 Å². The molecule has 2 bridgehead atoms. The van der Waals surface area contributed by atoms with Crippen LogP contribution in [0.15, 0.2) is 36.8 Å². The van der Waals surface area contributed by atoms with Gasteiger partial charge in [-0.15, -0.1) is 0 Å². The monoisotopic (exact) mass is 376 g/mol. The van der Waals surface area contributed by atoms with E-state index in [-0.39, 0.29) is 29.1 Å². The molecule has 5 rings (SSSR count). The molecule has 140 valence electrons. The van der Waals surface area contributed by atoms with Gasteiger partial charge in [0.1, 0.15) is 23.6 Å².